The van der Waals surface area contributed by atoms with Crippen LogP contribution in [-0.4, -0.2) is 10.8 Å². The number of carbonyl (C=O) groups excluding carboxylic acids is 1. The average molecular weight is 513 g/mol. The van der Waals surface area contributed by atoms with Crippen molar-refractivity contribution in [1.82, 2.24) is 0 Å². The number of anilines is 1. The quantitative estimate of drug-likeness (QED) is 0.177. The lowest BCUT2D eigenvalue weighted by Gasteiger charge is -2.11. The summed E-state index contributed by atoms with van der Waals surface area (Å²) < 4.78 is 6.58. The molecule has 9 heteroatoms. The standard InChI is InChI=1S/C23H15BrClN3O4/c24-18-6-9-22(32-14-15-4-7-21(8-5-15)28(30)31)16(11-18)10-17(13-26)23(29)27-20-3-1-2-19(25)12-20/h1-12H,14H2,(H,27,29)/b17-10+. The van der Waals surface area contributed by atoms with Crippen molar-refractivity contribution in [3.63, 3.8) is 0 Å². The maximum Gasteiger partial charge on any atom is 0.269 e. The fourth-order valence-electron chi connectivity index (χ4n) is 2.71. The molecular weight excluding hydrogens is 498 g/mol. The molecule has 0 aromatic heterocycles. The molecule has 160 valence electrons. The molecule has 0 spiro atoms. The van der Waals surface area contributed by atoms with Crippen molar-refractivity contribution >= 4 is 50.9 Å². The summed E-state index contributed by atoms with van der Waals surface area (Å²) in [5, 5.41) is 23.4. The predicted octanol–water partition coefficient (Wildman–Crippen LogP) is 6.14. The highest BCUT2D eigenvalue weighted by atomic mass is 79.9. The number of nitro benzene ring substituents is 1. The van der Waals surface area contributed by atoms with Gasteiger partial charge in [-0.05, 0) is 60.2 Å². The number of nitrogens with zero attached hydrogens (tertiary/aromatic N) is 2. The van der Waals surface area contributed by atoms with E-state index in [0.29, 0.717) is 22.0 Å². The molecule has 32 heavy (non-hydrogen) atoms. The molecule has 7 nitrogen and oxygen atoms in total. The monoisotopic (exact) mass is 511 g/mol. The minimum Gasteiger partial charge on any atom is -0.488 e. The fourth-order valence-corrected chi connectivity index (χ4v) is 3.28. The van der Waals surface area contributed by atoms with Crippen molar-refractivity contribution in [2.45, 2.75) is 6.61 Å². The van der Waals surface area contributed by atoms with Gasteiger partial charge in [0.15, 0.2) is 0 Å². The summed E-state index contributed by atoms with van der Waals surface area (Å²) in [6, 6.07) is 19.7. The predicted molar refractivity (Wildman–Crippen MR) is 125 cm³/mol. The Bertz CT molecular complexity index is 1240. The highest BCUT2D eigenvalue weighted by Gasteiger charge is 2.13. The molecule has 1 N–H and O–H groups in total. The second-order valence-electron chi connectivity index (χ2n) is 6.53. The Morgan fingerprint density at radius 3 is 2.59 bits per heavy atom. The van der Waals surface area contributed by atoms with Gasteiger partial charge in [0, 0.05) is 32.9 Å². The summed E-state index contributed by atoms with van der Waals surface area (Å²) in [6.07, 6.45) is 1.43. The lowest BCUT2D eigenvalue weighted by atomic mass is 10.1. The van der Waals surface area contributed by atoms with Crippen LogP contribution in [0.15, 0.2) is 76.8 Å². The van der Waals surface area contributed by atoms with E-state index in [2.05, 4.69) is 21.2 Å². The number of rotatable bonds is 7. The first-order chi connectivity index (χ1) is 15.4. The average Bonchev–Trinajstić information content (AvgIpc) is 2.77. The second kappa shape index (κ2) is 10.6. The highest BCUT2D eigenvalue weighted by Crippen LogP contribution is 2.27. The van der Waals surface area contributed by atoms with Crippen LogP contribution in [0.4, 0.5) is 11.4 Å². The minimum absolute atomic E-state index is 0.00890. The van der Waals surface area contributed by atoms with Crippen LogP contribution >= 0.6 is 27.5 Å². The summed E-state index contributed by atoms with van der Waals surface area (Å²) in [7, 11) is 0. The van der Waals surface area contributed by atoms with Gasteiger partial charge in [0.2, 0.25) is 0 Å². The zero-order valence-corrected chi connectivity index (χ0v) is 18.8. The Labute approximate surface area is 197 Å². The van der Waals surface area contributed by atoms with Crippen LogP contribution in [0.2, 0.25) is 5.02 Å². The van der Waals surface area contributed by atoms with Crippen LogP contribution in [0.25, 0.3) is 6.08 Å². The van der Waals surface area contributed by atoms with E-state index in [1.54, 1.807) is 54.6 Å². The van der Waals surface area contributed by atoms with Crippen molar-refractivity contribution in [3.8, 4) is 11.8 Å². The Hall–Kier alpha value is -3.67. The number of nitro groups is 1. The normalized spacial score (nSPS) is 10.8. The lowest BCUT2D eigenvalue weighted by molar-refractivity contribution is -0.384. The van der Waals surface area contributed by atoms with Gasteiger partial charge in [-0.1, -0.05) is 33.6 Å². The van der Waals surface area contributed by atoms with Crippen molar-refractivity contribution in [2.24, 2.45) is 0 Å². The largest absolute Gasteiger partial charge is 0.488 e. The number of amides is 1. The maximum absolute atomic E-state index is 12.6. The molecule has 0 radical (unpaired) electrons. The van der Waals surface area contributed by atoms with Gasteiger partial charge in [-0.2, -0.15) is 5.26 Å². The van der Waals surface area contributed by atoms with Crippen LogP contribution in [0, 0.1) is 21.4 Å². The fraction of sp³-hybridized carbons (Fsp3) is 0.0435. The summed E-state index contributed by atoms with van der Waals surface area (Å²) in [5.41, 5.74) is 1.58. The summed E-state index contributed by atoms with van der Waals surface area (Å²) in [4.78, 5) is 22.9. The SMILES string of the molecule is N#C/C(=C\c1cc(Br)ccc1OCc1ccc([N+](=O)[O-])cc1)C(=O)Nc1cccc(Cl)c1. The molecule has 3 aromatic carbocycles. The summed E-state index contributed by atoms with van der Waals surface area (Å²) in [5.74, 6) is -0.147. The van der Waals surface area contributed by atoms with E-state index < -0.39 is 10.8 Å². The van der Waals surface area contributed by atoms with E-state index in [0.717, 1.165) is 10.0 Å². The molecule has 3 rings (SSSR count). The number of ether oxygens (including phenoxy) is 1. The summed E-state index contributed by atoms with van der Waals surface area (Å²) in [6.45, 7) is 0.150. The topological polar surface area (TPSA) is 105 Å². The van der Waals surface area contributed by atoms with Gasteiger partial charge in [-0.25, -0.2) is 0 Å². The van der Waals surface area contributed by atoms with E-state index in [-0.39, 0.29) is 17.9 Å². The first-order valence-electron chi connectivity index (χ1n) is 9.20. The molecule has 0 bridgehead atoms. The molecule has 3 aromatic rings. The molecule has 0 aliphatic heterocycles. The van der Waals surface area contributed by atoms with Crippen molar-refractivity contribution in [1.29, 1.82) is 5.26 Å². The third-order valence-electron chi connectivity index (χ3n) is 4.26. The zero-order valence-electron chi connectivity index (χ0n) is 16.4. The van der Waals surface area contributed by atoms with Gasteiger partial charge in [0.1, 0.15) is 24.0 Å². The summed E-state index contributed by atoms with van der Waals surface area (Å²) >= 11 is 9.31. The number of hydrogen-bond donors (Lipinski definition) is 1. The van der Waals surface area contributed by atoms with Gasteiger partial charge in [0.05, 0.1) is 4.92 Å². The van der Waals surface area contributed by atoms with Gasteiger partial charge in [0.25, 0.3) is 11.6 Å². The number of non-ortho nitro benzene ring substituents is 1. The van der Waals surface area contributed by atoms with Crippen molar-refractivity contribution in [2.75, 3.05) is 5.32 Å². The van der Waals surface area contributed by atoms with Gasteiger partial charge >= 0.3 is 0 Å². The Morgan fingerprint density at radius 1 is 1.19 bits per heavy atom. The van der Waals surface area contributed by atoms with Gasteiger partial charge in [-0.3, -0.25) is 14.9 Å². The Balaban J connectivity index is 1.80. The van der Waals surface area contributed by atoms with Crippen LogP contribution in [0.3, 0.4) is 0 Å². The van der Waals surface area contributed by atoms with Crippen LogP contribution < -0.4 is 10.1 Å². The van der Waals surface area contributed by atoms with Crippen molar-refractivity contribution in [3.05, 3.63) is 103 Å². The number of nitriles is 1. The van der Waals surface area contributed by atoms with Crippen LogP contribution in [0.1, 0.15) is 11.1 Å². The molecular formula is C23H15BrClN3O4. The number of halogens is 2. The molecule has 0 heterocycles. The molecule has 0 unspecified atom stereocenters. The van der Waals surface area contributed by atoms with Gasteiger partial charge < -0.3 is 10.1 Å². The van der Waals surface area contributed by atoms with Crippen LogP contribution in [-0.2, 0) is 11.4 Å². The maximum atomic E-state index is 12.6. The smallest absolute Gasteiger partial charge is 0.269 e. The molecule has 0 fully saturated rings. The van der Waals surface area contributed by atoms with E-state index >= 15 is 0 Å². The molecule has 0 atom stereocenters. The van der Waals surface area contributed by atoms with E-state index in [9.17, 15) is 20.2 Å². The van der Waals surface area contributed by atoms with Crippen LogP contribution in [0.5, 0.6) is 5.75 Å². The zero-order chi connectivity index (χ0) is 23.1. The molecule has 0 aliphatic carbocycles. The first kappa shape index (κ1) is 23.0. The number of hydrogen-bond acceptors (Lipinski definition) is 5. The van der Waals surface area contributed by atoms with E-state index in [1.807, 2.05) is 6.07 Å². The molecule has 0 saturated carbocycles. The molecule has 1 amide bonds. The molecule has 0 saturated heterocycles. The Morgan fingerprint density at radius 2 is 1.94 bits per heavy atom. The van der Waals surface area contributed by atoms with E-state index in [1.165, 1.54) is 18.2 Å². The van der Waals surface area contributed by atoms with Gasteiger partial charge in [-0.15, -0.1) is 0 Å². The van der Waals surface area contributed by atoms with E-state index in [4.69, 9.17) is 16.3 Å². The number of carbonyl (C=O) groups is 1. The lowest BCUT2D eigenvalue weighted by Crippen LogP contribution is -2.13. The third-order valence-corrected chi connectivity index (χ3v) is 4.99. The minimum atomic E-state index is -0.587. The number of benzene rings is 3. The molecule has 0 aliphatic rings. The third kappa shape index (κ3) is 6.17. The van der Waals surface area contributed by atoms with Crippen molar-refractivity contribution < 1.29 is 14.5 Å². The highest BCUT2D eigenvalue weighted by molar-refractivity contribution is 9.10. The number of nitrogens with one attached hydrogen (secondary N) is 1. The Kier molecular flexibility index (Phi) is 7.60. The second-order valence-corrected chi connectivity index (χ2v) is 7.88. The first-order valence-corrected chi connectivity index (χ1v) is 10.4.